The Morgan fingerprint density at radius 3 is 2.28 bits per heavy atom. The van der Waals surface area contributed by atoms with E-state index in [9.17, 15) is 13.2 Å². The summed E-state index contributed by atoms with van der Waals surface area (Å²) in [6.07, 6.45) is 5.05. The van der Waals surface area contributed by atoms with Crippen LogP contribution in [0.4, 0.5) is 13.2 Å². The minimum Gasteiger partial charge on any atom is -0.381 e. The van der Waals surface area contributed by atoms with Gasteiger partial charge in [0.05, 0.1) is 0 Å². The molecule has 0 N–H and O–H groups in total. The molecule has 2 aliphatic carbocycles. The SMILES string of the molecule is CCOCC1CCC(C2CCC(c3ccc(F)cc3)CC2)C(F)(F)C1. The van der Waals surface area contributed by atoms with Gasteiger partial charge in [-0.15, -0.1) is 0 Å². The van der Waals surface area contributed by atoms with E-state index in [1.54, 1.807) is 0 Å². The standard InChI is InChI=1S/C21H29F3O/c1-2-25-14-15-3-12-20(21(23,24)13-15)18-6-4-16(5-7-18)17-8-10-19(22)11-9-17/h8-11,15-16,18,20H,2-7,12-14H2,1H3. The lowest BCUT2D eigenvalue weighted by atomic mass is 9.67. The van der Waals surface area contributed by atoms with Crippen LogP contribution in [0.1, 0.15) is 63.4 Å². The van der Waals surface area contributed by atoms with Crippen molar-refractivity contribution in [1.29, 1.82) is 0 Å². The lowest BCUT2D eigenvalue weighted by Gasteiger charge is -2.42. The van der Waals surface area contributed by atoms with Gasteiger partial charge in [-0.1, -0.05) is 12.1 Å². The summed E-state index contributed by atoms with van der Waals surface area (Å²) in [4.78, 5) is 0. The van der Waals surface area contributed by atoms with Crippen LogP contribution in [0.5, 0.6) is 0 Å². The topological polar surface area (TPSA) is 9.23 Å². The summed E-state index contributed by atoms with van der Waals surface area (Å²) in [5, 5.41) is 0. The van der Waals surface area contributed by atoms with Gasteiger partial charge in [0.25, 0.3) is 5.92 Å². The van der Waals surface area contributed by atoms with Gasteiger partial charge >= 0.3 is 0 Å². The van der Waals surface area contributed by atoms with E-state index in [0.29, 0.717) is 25.6 Å². The van der Waals surface area contributed by atoms with Gasteiger partial charge in [-0.05, 0) is 80.9 Å². The first-order valence-corrected chi connectivity index (χ1v) is 9.70. The molecule has 0 aliphatic heterocycles. The molecule has 1 aromatic rings. The second kappa shape index (κ2) is 8.11. The van der Waals surface area contributed by atoms with Gasteiger partial charge in [-0.2, -0.15) is 0 Å². The number of hydrogen-bond acceptors (Lipinski definition) is 1. The van der Waals surface area contributed by atoms with Gasteiger partial charge in [-0.3, -0.25) is 0 Å². The fourth-order valence-corrected chi connectivity index (χ4v) is 4.86. The van der Waals surface area contributed by atoms with Gasteiger partial charge in [-0.25, -0.2) is 13.2 Å². The van der Waals surface area contributed by atoms with Gasteiger partial charge in [0, 0.05) is 25.6 Å². The minimum absolute atomic E-state index is 0.00162. The van der Waals surface area contributed by atoms with Crippen molar-refractivity contribution in [3.05, 3.63) is 35.6 Å². The first-order chi connectivity index (χ1) is 12.0. The van der Waals surface area contributed by atoms with Crippen LogP contribution in [0.2, 0.25) is 0 Å². The van der Waals surface area contributed by atoms with E-state index >= 15 is 0 Å². The van der Waals surface area contributed by atoms with Crippen molar-refractivity contribution in [2.45, 2.75) is 63.7 Å². The number of benzene rings is 1. The highest BCUT2D eigenvalue weighted by atomic mass is 19.3. The van der Waals surface area contributed by atoms with E-state index in [2.05, 4.69) is 0 Å². The van der Waals surface area contributed by atoms with Gasteiger partial charge in [0.15, 0.2) is 0 Å². The highest BCUT2D eigenvalue weighted by Crippen LogP contribution is 2.50. The molecule has 2 aliphatic rings. The van der Waals surface area contributed by atoms with Crippen LogP contribution in [0.3, 0.4) is 0 Å². The minimum atomic E-state index is -2.56. The Balaban J connectivity index is 1.54. The molecule has 0 aromatic heterocycles. The van der Waals surface area contributed by atoms with Gasteiger partial charge in [0.2, 0.25) is 0 Å². The smallest absolute Gasteiger partial charge is 0.251 e. The second-order valence-electron chi connectivity index (χ2n) is 7.84. The van der Waals surface area contributed by atoms with Gasteiger partial charge < -0.3 is 4.74 Å². The van der Waals surface area contributed by atoms with E-state index in [4.69, 9.17) is 4.74 Å². The van der Waals surface area contributed by atoms with Gasteiger partial charge in [0.1, 0.15) is 5.82 Å². The Morgan fingerprint density at radius 1 is 1.00 bits per heavy atom. The molecule has 140 valence electrons. The summed E-state index contributed by atoms with van der Waals surface area (Å²) in [5.74, 6) is -2.74. The molecule has 1 nitrogen and oxygen atoms in total. The van der Waals surface area contributed by atoms with Crippen LogP contribution in [0, 0.1) is 23.6 Å². The van der Waals surface area contributed by atoms with E-state index in [-0.39, 0.29) is 24.1 Å². The number of rotatable bonds is 5. The maximum atomic E-state index is 14.7. The fourth-order valence-electron chi connectivity index (χ4n) is 4.86. The predicted octanol–water partition coefficient (Wildman–Crippen LogP) is 6.19. The molecule has 3 rings (SSSR count). The molecule has 0 saturated heterocycles. The molecule has 0 heterocycles. The molecule has 2 atom stereocenters. The third-order valence-electron chi connectivity index (χ3n) is 6.23. The highest BCUT2D eigenvalue weighted by molar-refractivity contribution is 5.21. The Morgan fingerprint density at radius 2 is 1.68 bits per heavy atom. The summed E-state index contributed by atoms with van der Waals surface area (Å²) in [6.45, 7) is 2.97. The average Bonchev–Trinajstić information content (AvgIpc) is 2.60. The third kappa shape index (κ3) is 4.58. The lowest BCUT2D eigenvalue weighted by molar-refractivity contribution is -0.134. The summed E-state index contributed by atoms with van der Waals surface area (Å²) in [5.41, 5.74) is 1.15. The number of hydrogen-bond donors (Lipinski definition) is 0. The first-order valence-electron chi connectivity index (χ1n) is 9.70. The largest absolute Gasteiger partial charge is 0.381 e. The molecule has 25 heavy (non-hydrogen) atoms. The van der Waals surface area contributed by atoms with E-state index in [0.717, 1.165) is 37.7 Å². The number of halogens is 3. The molecule has 2 fully saturated rings. The third-order valence-corrected chi connectivity index (χ3v) is 6.23. The van der Waals surface area contributed by atoms with Crippen molar-refractivity contribution < 1.29 is 17.9 Å². The Kier molecular flexibility index (Phi) is 6.08. The lowest BCUT2D eigenvalue weighted by Crippen LogP contribution is -2.42. The predicted molar refractivity (Wildman–Crippen MR) is 93.4 cm³/mol. The molecule has 4 heteroatoms. The zero-order chi connectivity index (χ0) is 17.9. The van der Waals surface area contributed by atoms with Crippen molar-refractivity contribution in [1.82, 2.24) is 0 Å². The van der Waals surface area contributed by atoms with E-state index < -0.39 is 11.8 Å². The van der Waals surface area contributed by atoms with Crippen LogP contribution >= 0.6 is 0 Å². The molecule has 2 saturated carbocycles. The van der Waals surface area contributed by atoms with Crippen molar-refractivity contribution in [3.8, 4) is 0 Å². The van der Waals surface area contributed by atoms with Crippen LogP contribution in [0.25, 0.3) is 0 Å². The molecule has 0 spiro atoms. The first kappa shape index (κ1) is 18.8. The Labute approximate surface area is 149 Å². The molecule has 0 bridgehead atoms. The maximum absolute atomic E-state index is 14.7. The number of ether oxygens (including phenoxy) is 1. The summed E-state index contributed by atoms with van der Waals surface area (Å²) >= 11 is 0. The monoisotopic (exact) mass is 354 g/mol. The van der Waals surface area contributed by atoms with Crippen LogP contribution in [0.15, 0.2) is 24.3 Å². The normalized spacial score (nSPS) is 32.5. The fraction of sp³-hybridized carbons (Fsp3) is 0.714. The van der Waals surface area contributed by atoms with Crippen molar-refractivity contribution in [2.75, 3.05) is 13.2 Å². The summed E-state index contributed by atoms with van der Waals surface area (Å²) < 4.78 is 47.8. The van der Waals surface area contributed by atoms with E-state index in [1.165, 1.54) is 12.1 Å². The van der Waals surface area contributed by atoms with Crippen LogP contribution < -0.4 is 0 Å². The van der Waals surface area contributed by atoms with E-state index in [1.807, 2.05) is 19.1 Å². The highest BCUT2D eigenvalue weighted by Gasteiger charge is 2.48. The zero-order valence-electron chi connectivity index (χ0n) is 15.0. The quantitative estimate of drug-likeness (QED) is 0.613. The average molecular weight is 354 g/mol. The molecule has 1 aromatic carbocycles. The number of alkyl halides is 2. The molecular formula is C21H29F3O. The summed E-state index contributed by atoms with van der Waals surface area (Å²) in [6, 6.07) is 6.67. The Hall–Kier alpha value is -1.03. The molecular weight excluding hydrogens is 325 g/mol. The van der Waals surface area contributed by atoms with Crippen molar-refractivity contribution in [2.24, 2.45) is 17.8 Å². The summed E-state index contributed by atoms with van der Waals surface area (Å²) in [7, 11) is 0. The van der Waals surface area contributed by atoms with Crippen LogP contribution in [-0.4, -0.2) is 19.1 Å². The van der Waals surface area contributed by atoms with Crippen LogP contribution in [-0.2, 0) is 4.74 Å². The molecule has 0 radical (unpaired) electrons. The maximum Gasteiger partial charge on any atom is 0.251 e. The Bertz CT molecular complexity index is 535. The van der Waals surface area contributed by atoms with Crippen molar-refractivity contribution >= 4 is 0 Å². The molecule has 2 unspecified atom stereocenters. The second-order valence-corrected chi connectivity index (χ2v) is 7.84. The molecule has 0 amide bonds. The van der Waals surface area contributed by atoms with Crippen molar-refractivity contribution in [3.63, 3.8) is 0 Å². The zero-order valence-corrected chi connectivity index (χ0v) is 15.0.